The smallest absolute Gasteiger partial charge is 0.220 e. The molecule has 4 fully saturated rings. The van der Waals surface area contributed by atoms with E-state index in [1.165, 1.54) is 44.9 Å². The number of rotatable bonds is 8. The SMILES string of the molecule is CC[N+](C)(C)CCNC(=O)CC[C@@H](C)[C@H]1CCC2C3CCC4C[C@H](O)CC[C@]4(C)C3CC[C@@]21C. The van der Waals surface area contributed by atoms with Crippen molar-refractivity contribution in [2.75, 3.05) is 33.7 Å². The van der Waals surface area contributed by atoms with Gasteiger partial charge in [0, 0.05) is 6.42 Å². The van der Waals surface area contributed by atoms with Crippen molar-refractivity contribution < 1.29 is 14.4 Å². The fourth-order valence-electron chi connectivity index (χ4n) is 9.52. The van der Waals surface area contributed by atoms with Crippen LogP contribution in [0.15, 0.2) is 0 Å². The highest BCUT2D eigenvalue weighted by atomic mass is 16.3. The molecule has 9 atom stereocenters. The van der Waals surface area contributed by atoms with Gasteiger partial charge in [0.2, 0.25) is 5.91 Å². The number of amides is 1. The maximum Gasteiger partial charge on any atom is 0.220 e. The van der Waals surface area contributed by atoms with Crippen LogP contribution in [0, 0.1) is 46.3 Å². The first-order valence-electron chi connectivity index (χ1n) is 14.8. The number of carbonyl (C=O) groups excluding carboxylic acids is 1. The molecule has 4 saturated carbocycles. The number of hydrogen-bond donors (Lipinski definition) is 2. The van der Waals surface area contributed by atoms with Crippen LogP contribution in [0.25, 0.3) is 0 Å². The lowest BCUT2D eigenvalue weighted by Crippen LogP contribution is -2.54. The number of aliphatic hydroxyl groups excluding tert-OH is 1. The normalized spacial score (nSPS) is 42.9. The van der Waals surface area contributed by atoms with Gasteiger partial charge in [-0.25, -0.2) is 0 Å². The van der Waals surface area contributed by atoms with Gasteiger partial charge in [-0.1, -0.05) is 20.8 Å². The van der Waals surface area contributed by atoms with Gasteiger partial charge in [-0.05, 0) is 117 Å². The molecule has 4 unspecified atom stereocenters. The van der Waals surface area contributed by atoms with Gasteiger partial charge in [0.1, 0.15) is 0 Å². The highest BCUT2D eigenvalue weighted by Gasteiger charge is 2.60. The van der Waals surface area contributed by atoms with Gasteiger partial charge >= 0.3 is 0 Å². The van der Waals surface area contributed by atoms with Crippen LogP contribution in [0.2, 0.25) is 0 Å². The number of nitrogens with zero attached hydrogens (tertiary/aromatic N) is 1. The zero-order valence-corrected chi connectivity index (χ0v) is 23.2. The minimum atomic E-state index is -0.0467. The molecule has 34 heavy (non-hydrogen) atoms. The van der Waals surface area contributed by atoms with Crippen molar-refractivity contribution >= 4 is 5.91 Å². The molecule has 2 N–H and O–H groups in total. The van der Waals surface area contributed by atoms with Crippen LogP contribution < -0.4 is 5.32 Å². The first-order chi connectivity index (χ1) is 16.0. The van der Waals surface area contributed by atoms with E-state index in [0.29, 0.717) is 23.2 Å². The Morgan fingerprint density at radius 2 is 1.74 bits per heavy atom. The first-order valence-corrected chi connectivity index (χ1v) is 14.8. The van der Waals surface area contributed by atoms with E-state index in [1.807, 2.05) is 0 Å². The number of quaternary nitrogens is 1. The van der Waals surface area contributed by atoms with Gasteiger partial charge in [-0.2, -0.15) is 0 Å². The largest absolute Gasteiger partial charge is 0.393 e. The Bertz CT molecular complexity index is 723. The molecule has 4 nitrogen and oxygen atoms in total. The quantitative estimate of drug-likeness (QED) is 0.447. The molecule has 0 bridgehead atoms. The van der Waals surface area contributed by atoms with Crippen molar-refractivity contribution in [1.82, 2.24) is 5.32 Å². The molecule has 1 amide bonds. The summed E-state index contributed by atoms with van der Waals surface area (Å²) in [5.74, 6) is 5.07. The topological polar surface area (TPSA) is 49.3 Å². The van der Waals surface area contributed by atoms with E-state index in [9.17, 15) is 9.90 Å². The van der Waals surface area contributed by atoms with Crippen molar-refractivity contribution in [3.05, 3.63) is 0 Å². The summed E-state index contributed by atoms with van der Waals surface area (Å²) in [6.45, 7) is 12.8. The molecule has 0 aromatic carbocycles. The van der Waals surface area contributed by atoms with Gasteiger partial charge in [0.25, 0.3) is 0 Å². The average molecular weight is 476 g/mol. The van der Waals surface area contributed by atoms with E-state index in [1.54, 1.807) is 0 Å². The molecule has 0 spiro atoms. The van der Waals surface area contributed by atoms with Gasteiger partial charge in [0.15, 0.2) is 0 Å². The summed E-state index contributed by atoms with van der Waals surface area (Å²) in [7, 11) is 4.45. The van der Waals surface area contributed by atoms with Crippen molar-refractivity contribution in [3.63, 3.8) is 0 Å². The zero-order chi connectivity index (χ0) is 24.7. The van der Waals surface area contributed by atoms with Crippen molar-refractivity contribution in [2.45, 2.75) is 104 Å². The Morgan fingerprint density at radius 3 is 2.47 bits per heavy atom. The number of likely N-dealkylation sites (N-methyl/N-ethyl adjacent to an activating group) is 1. The highest BCUT2D eigenvalue weighted by molar-refractivity contribution is 5.75. The van der Waals surface area contributed by atoms with E-state index in [0.717, 1.165) is 73.0 Å². The molecule has 0 heterocycles. The molecule has 4 heteroatoms. The third kappa shape index (κ3) is 4.97. The lowest BCUT2D eigenvalue weighted by Gasteiger charge is -2.61. The summed E-state index contributed by atoms with van der Waals surface area (Å²) < 4.78 is 0.959. The van der Waals surface area contributed by atoms with Crippen LogP contribution in [0.1, 0.15) is 98.3 Å². The minimum absolute atomic E-state index is 0.0467. The number of carbonyl (C=O) groups is 1. The summed E-state index contributed by atoms with van der Waals surface area (Å²) in [4.78, 5) is 12.5. The molecule has 0 aromatic heterocycles. The van der Waals surface area contributed by atoms with E-state index >= 15 is 0 Å². The summed E-state index contributed by atoms with van der Waals surface area (Å²) >= 11 is 0. The minimum Gasteiger partial charge on any atom is -0.393 e. The maximum absolute atomic E-state index is 12.5. The monoisotopic (exact) mass is 475 g/mol. The lowest BCUT2D eigenvalue weighted by atomic mass is 9.44. The van der Waals surface area contributed by atoms with Crippen molar-refractivity contribution in [3.8, 4) is 0 Å². The second-order valence-corrected chi connectivity index (χ2v) is 14.2. The van der Waals surface area contributed by atoms with E-state index < -0.39 is 0 Å². The number of nitrogens with one attached hydrogen (secondary N) is 1. The molecule has 4 rings (SSSR count). The fraction of sp³-hybridized carbons (Fsp3) is 0.967. The molecule has 4 aliphatic rings. The van der Waals surface area contributed by atoms with Crippen molar-refractivity contribution in [1.29, 1.82) is 0 Å². The van der Waals surface area contributed by atoms with Gasteiger partial charge in [0.05, 0.1) is 39.8 Å². The maximum atomic E-state index is 12.5. The van der Waals surface area contributed by atoms with Crippen LogP contribution in [-0.2, 0) is 4.79 Å². The van der Waals surface area contributed by atoms with Crippen molar-refractivity contribution in [2.24, 2.45) is 46.3 Å². The molecular weight excluding hydrogens is 420 g/mol. The molecule has 0 saturated heterocycles. The molecule has 196 valence electrons. The Morgan fingerprint density at radius 1 is 1.03 bits per heavy atom. The molecule has 4 aliphatic carbocycles. The van der Waals surface area contributed by atoms with Crippen LogP contribution in [0.4, 0.5) is 0 Å². The molecule has 0 radical (unpaired) electrons. The second-order valence-electron chi connectivity index (χ2n) is 14.2. The summed E-state index contributed by atoms with van der Waals surface area (Å²) in [5.41, 5.74) is 0.938. The molecule has 0 aromatic rings. The predicted octanol–water partition coefficient (Wildman–Crippen LogP) is 5.64. The van der Waals surface area contributed by atoms with E-state index in [-0.39, 0.29) is 12.0 Å². The molecule has 0 aliphatic heterocycles. The summed E-state index contributed by atoms with van der Waals surface area (Å²) in [6, 6.07) is 0. The number of fused-ring (bicyclic) bond motifs is 5. The summed E-state index contributed by atoms with van der Waals surface area (Å²) in [6.07, 6.45) is 13.3. The summed E-state index contributed by atoms with van der Waals surface area (Å²) in [5, 5.41) is 13.5. The third-order valence-electron chi connectivity index (χ3n) is 12.1. The second kappa shape index (κ2) is 10.0. The number of aliphatic hydroxyl groups is 1. The molecular formula is C30H55N2O2+. The Labute approximate surface area is 210 Å². The Balaban J connectivity index is 1.32. The lowest BCUT2D eigenvalue weighted by molar-refractivity contribution is -0.887. The fourth-order valence-corrected chi connectivity index (χ4v) is 9.52. The Kier molecular flexibility index (Phi) is 7.81. The highest BCUT2D eigenvalue weighted by Crippen LogP contribution is 2.68. The van der Waals surface area contributed by atoms with Crippen LogP contribution in [0.3, 0.4) is 0 Å². The third-order valence-corrected chi connectivity index (χ3v) is 12.1. The standard InChI is InChI=1S/C30H54N2O2/c1-7-32(5,6)19-18-31-28(34)13-8-21(2)25-11-12-26-24-10-9-22-20-23(33)14-16-29(22,3)27(24)15-17-30(25,26)4/h21-27,33H,7-20H2,1-6H3/p+1/t21-,22?,23-,24?,25-,26?,27?,29+,30-/m1/s1. The van der Waals surface area contributed by atoms with E-state index in [4.69, 9.17) is 0 Å². The van der Waals surface area contributed by atoms with Crippen LogP contribution >= 0.6 is 0 Å². The van der Waals surface area contributed by atoms with Gasteiger partial charge in [-0.3, -0.25) is 4.79 Å². The van der Waals surface area contributed by atoms with E-state index in [2.05, 4.69) is 47.1 Å². The van der Waals surface area contributed by atoms with Crippen LogP contribution in [-0.4, -0.2) is 55.3 Å². The van der Waals surface area contributed by atoms with Gasteiger partial charge in [-0.15, -0.1) is 0 Å². The first kappa shape index (κ1) is 26.5. The Hall–Kier alpha value is -0.610. The van der Waals surface area contributed by atoms with Gasteiger partial charge < -0.3 is 14.9 Å². The zero-order valence-electron chi connectivity index (χ0n) is 23.2. The average Bonchev–Trinajstić information content (AvgIpc) is 3.15. The van der Waals surface area contributed by atoms with Crippen LogP contribution in [0.5, 0.6) is 0 Å². The number of hydrogen-bond acceptors (Lipinski definition) is 2. The predicted molar refractivity (Wildman–Crippen MR) is 140 cm³/mol.